The molecule has 0 unspecified atom stereocenters. The number of urea groups is 1. The molecule has 0 aliphatic carbocycles. The molecule has 7 heteroatoms. The molecule has 116 valence electrons. The summed E-state index contributed by atoms with van der Waals surface area (Å²) < 4.78 is 5.63. The standard InChI is InChI=1S/C16H14N4O2S/c1-11-17-14(10-23-11)20-16(21)19-13-8-5-9-15(18-13)22-12-6-3-2-4-7-12/h2-10H,1H3,(H2,18,19,20,21). The van der Waals surface area contributed by atoms with Gasteiger partial charge in [0.25, 0.3) is 0 Å². The van der Waals surface area contributed by atoms with Gasteiger partial charge in [-0.15, -0.1) is 11.3 Å². The van der Waals surface area contributed by atoms with E-state index < -0.39 is 6.03 Å². The molecule has 0 spiro atoms. The van der Waals surface area contributed by atoms with Gasteiger partial charge in [-0.3, -0.25) is 10.6 Å². The fourth-order valence-corrected chi connectivity index (χ4v) is 2.38. The predicted octanol–water partition coefficient (Wildman–Crippen LogP) is 4.28. The molecule has 3 aromatic rings. The maximum absolute atomic E-state index is 11.9. The second-order valence-electron chi connectivity index (χ2n) is 4.61. The van der Waals surface area contributed by atoms with Crippen LogP contribution in [-0.2, 0) is 0 Å². The van der Waals surface area contributed by atoms with E-state index in [1.807, 2.05) is 37.3 Å². The Morgan fingerprint density at radius 2 is 1.78 bits per heavy atom. The zero-order valence-corrected chi connectivity index (χ0v) is 13.1. The fraction of sp³-hybridized carbons (Fsp3) is 0.0625. The number of hydrogen-bond acceptors (Lipinski definition) is 5. The van der Waals surface area contributed by atoms with Gasteiger partial charge in [0.15, 0.2) is 0 Å². The first-order valence-electron chi connectivity index (χ1n) is 6.89. The molecule has 0 aliphatic rings. The van der Waals surface area contributed by atoms with Crippen LogP contribution < -0.4 is 15.4 Å². The van der Waals surface area contributed by atoms with E-state index in [1.165, 1.54) is 11.3 Å². The first-order chi connectivity index (χ1) is 11.2. The molecule has 0 saturated carbocycles. The van der Waals surface area contributed by atoms with Gasteiger partial charge in [-0.2, -0.15) is 4.98 Å². The van der Waals surface area contributed by atoms with Crippen molar-refractivity contribution in [1.29, 1.82) is 0 Å². The highest BCUT2D eigenvalue weighted by molar-refractivity contribution is 7.09. The van der Waals surface area contributed by atoms with Gasteiger partial charge in [-0.05, 0) is 25.1 Å². The number of anilines is 2. The number of hydrogen-bond donors (Lipinski definition) is 2. The molecule has 2 aromatic heterocycles. The number of nitrogens with one attached hydrogen (secondary N) is 2. The zero-order chi connectivity index (χ0) is 16.1. The van der Waals surface area contributed by atoms with Crippen LogP contribution in [0.2, 0.25) is 0 Å². The second kappa shape index (κ2) is 6.89. The Morgan fingerprint density at radius 3 is 2.52 bits per heavy atom. The van der Waals surface area contributed by atoms with Crippen molar-refractivity contribution in [3.8, 4) is 11.6 Å². The molecule has 3 rings (SSSR count). The molecule has 2 heterocycles. The number of aromatic nitrogens is 2. The van der Waals surface area contributed by atoms with Gasteiger partial charge in [0.1, 0.15) is 17.4 Å². The lowest BCUT2D eigenvalue weighted by molar-refractivity contribution is 0.262. The van der Waals surface area contributed by atoms with E-state index in [-0.39, 0.29) is 0 Å². The minimum absolute atomic E-state index is 0.392. The van der Waals surface area contributed by atoms with Crippen LogP contribution in [0.15, 0.2) is 53.9 Å². The monoisotopic (exact) mass is 326 g/mol. The molecule has 6 nitrogen and oxygen atoms in total. The Morgan fingerprint density at radius 1 is 1.00 bits per heavy atom. The van der Waals surface area contributed by atoms with E-state index in [4.69, 9.17) is 4.74 Å². The Kier molecular flexibility index (Phi) is 4.49. The molecular formula is C16H14N4O2S. The van der Waals surface area contributed by atoms with E-state index in [0.29, 0.717) is 23.3 Å². The molecule has 0 fully saturated rings. The van der Waals surface area contributed by atoms with Crippen LogP contribution in [-0.4, -0.2) is 16.0 Å². The van der Waals surface area contributed by atoms with Crippen molar-refractivity contribution in [2.45, 2.75) is 6.92 Å². The van der Waals surface area contributed by atoms with Crippen LogP contribution >= 0.6 is 11.3 Å². The zero-order valence-electron chi connectivity index (χ0n) is 12.3. The van der Waals surface area contributed by atoms with Crippen LogP contribution in [0.1, 0.15) is 5.01 Å². The van der Waals surface area contributed by atoms with Gasteiger partial charge in [0.2, 0.25) is 5.88 Å². The Bertz CT molecular complexity index is 805. The number of amides is 2. The highest BCUT2D eigenvalue weighted by atomic mass is 32.1. The lowest BCUT2D eigenvalue weighted by Crippen LogP contribution is -2.20. The van der Waals surface area contributed by atoms with Crippen LogP contribution in [0.3, 0.4) is 0 Å². The van der Waals surface area contributed by atoms with Gasteiger partial charge in [-0.25, -0.2) is 9.78 Å². The number of thiazole rings is 1. The minimum Gasteiger partial charge on any atom is -0.439 e. The van der Waals surface area contributed by atoms with Crippen molar-refractivity contribution in [2.24, 2.45) is 0 Å². The maximum atomic E-state index is 11.9. The summed E-state index contributed by atoms with van der Waals surface area (Å²) in [6.45, 7) is 1.87. The summed E-state index contributed by atoms with van der Waals surface area (Å²) >= 11 is 1.47. The predicted molar refractivity (Wildman–Crippen MR) is 90.2 cm³/mol. The summed E-state index contributed by atoms with van der Waals surface area (Å²) in [7, 11) is 0. The van der Waals surface area contributed by atoms with E-state index in [1.54, 1.807) is 23.6 Å². The van der Waals surface area contributed by atoms with Gasteiger partial charge in [0.05, 0.1) is 5.01 Å². The lowest BCUT2D eigenvalue weighted by atomic mass is 10.3. The normalized spacial score (nSPS) is 10.1. The van der Waals surface area contributed by atoms with E-state index in [0.717, 1.165) is 5.01 Å². The summed E-state index contributed by atoms with van der Waals surface area (Å²) in [6, 6.07) is 14.1. The number of rotatable bonds is 4. The summed E-state index contributed by atoms with van der Waals surface area (Å²) in [5.41, 5.74) is 0. The lowest BCUT2D eigenvalue weighted by Gasteiger charge is -2.08. The molecule has 0 bridgehead atoms. The number of para-hydroxylation sites is 1. The largest absolute Gasteiger partial charge is 0.439 e. The minimum atomic E-state index is -0.403. The van der Waals surface area contributed by atoms with E-state index in [2.05, 4.69) is 20.6 Å². The number of benzene rings is 1. The Labute approximate surface area is 137 Å². The molecule has 1 aromatic carbocycles. The van der Waals surface area contributed by atoms with Crippen molar-refractivity contribution < 1.29 is 9.53 Å². The molecule has 0 radical (unpaired) electrons. The van der Waals surface area contributed by atoms with Gasteiger partial charge in [0, 0.05) is 11.4 Å². The average Bonchev–Trinajstić information content (AvgIpc) is 2.93. The van der Waals surface area contributed by atoms with Crippen molar-refractivity contribution in [1.82, 2.24) is 9.97 Å². The van der Waals surface area contributed by atoms with Crippen molar-refractivity contribution in [2.75, 3.05) is 10.6 Å². The third-order valence-corrected chi connectivity index (χ3v) is 3.56. The molecule has 23 heavy (non-hydrogen) atoms. The SMILES string of the molecule is Cc1nc(NC(=O)Nc2cccc(Oc3ccccc3)n2)cs1. The van der Waals surface area contributed by atoms with Crippen molar-refractivity contribution in [3.63, 3.8) is 0 Å². The average molecular weight is 326 g/mol. The number of carbonyl (C=O) groups excluding carboxylic acids is 1. The van der Waals surface area contributed by atoms with Crippen LogP contribution in [0.25, 0.3) is 0 Å². The summed E-state index contributed by atoms with van der Waals surface area (Å²) in [5, 5.41) is 7.96. The van der Waals surface area contributed by atoms with Crippen molar-refractivity contribution >= 4 is 29.0 Å². The van der Waals surface area contributed by atoms with Gasteiger partial charge in [-0.1, -0.05) is 24.3 Å². The molecular weight excluding hydrogens is 312 g/mol. The molecule has 2 amide bonds. The Hall–Kier alpha value is -2.93. The highest BCUT2D eigenvalue weighted by Gasteiger charge is 2.07. The van der Waals surface area contributed by atoms with Gasteiger partial charge < -0.3 is 4.74 Å². The first kappa shape index (κ1) is 15.0. The molecule has 0 aliphatic heterocycles. The van der Waals surface area contributed by atoms with Gasteiger partial charge >= 0.3 is 6.03 Å². The number of aryl methyl sites for hydroxylation is 1. The summed E-state index contributed by atoms with van der Waals surface area (Å²) in [5.74, 6) is 1.99. The van der Waals surface area contributed by atoms with E-state index in [9.17, 15) is 4.79 Å². The second-order valence-corrected chi connectivity index (χ2v) is 5.67. The third kappa shape index (κ3) is 4.27. The Balaban J connectivity index is 1.64. The van der Waals surface area contributed by atoms with Crippen molar-refractivity contribution in [3.05, 3.63) is 58.9 Å². The van der Waals surface area contributed by atoms with Crippen LogP contribution in [0.4, 0.5) is 16.4 Å². The van der Waals surface area contributed by atoms with Crippen LogP contribution in [0, 0.1) is 6.92 Å². The topological polar surface area (TPSA) is 76.1 Å². The highest BCUT2D eigenvalue weighted by Crippen LogP contribution is 2.20. The molecule has 2 N–H and O–H groups in total. The fourth-order valence-electron chi connectivity index (χ4n) is 1.84. The molecule has 0 saturated heterocycles. The maximum Gasteiger partial charge on any atom is 0.326 e. The quantitative estimate of drug-likeness (QED) is 0.750. The first-order valence-corrected chi connectivity index (χ1v) is 7.77. The third-order valence-electron chi connectivity index (χ3n) is 2.79. The summed E-state index contributed by atoms with van der Waals surface area (Å²) in [4.78, 5) is 20.3. The number of nitrogens with zero attached hydrogens (tertiary/aromatic N) is 2. The summed E-state index contributed by atoms with van der Waals surface area (Å²) in [6.07, 6.45) is 0. The number of carbonyl (C=O) groups is 1. The smallest absolute Gasteiger partial charge is 0.326 e. The number of ether oxygens (including phenoxy) is 1. The number of pyridine rings is 1. The van der Waals surface area contributed by atoms with E-state index >= 15 is 0 Å². The van der Waals surface area contributed by atoms with Crippen LogP contribution in [0.5, 0.6) is 11.6 Å². The molecule has 0 atom stereocenters.